The Morgan fingerprint density at radius 3 is 2.90 bits per heavy atom. The smallest absolute Gasteiger partial charge is 0.0900 e. The molecule has 0 aliphatic rings. The summed E-state index contributed by atoms with van der Waals surface area (Å²) in [7, 11) is 0. The normalized spacial score (nSPS) is 13.4. The molecule has 56 valence electrons. The topological polar surface area (TPSA) is 46.2 Å². The van der Waals surface area contributed by atoms with Crippen molar-refractivity contribution in [2.45, 2.75) is 19.4 Å². The highest BCUT2D eigenvalue weighted by Crippen LogP contribution is 2.27. The molecule has 10 heavy (non-hydrogen) atoms. The second-order valence-electron chi connectivity index (χ2n) is 2.16. The number of hydrogen-bond acceptors (Lipinski definition) is 3. The van der Waals surface area contributed by atoms with Crippen LogP contribution >= 0.6 is 11.3 Å². The lowest BCUT2D eigenvalue weighted by atomic mass is 10.2. The van der Waals surface area contributed by atoms with Gasteiger partial charge in [-0.15, -0.1) is 11.3 Å². The average molecular weight is 157 g/mol. The first-order valence-corrected chi connectivity index (χ1v) is 4.14. The third kappa shape index (κ3) is 1.30. The molecule has 1 heterocycles. The molecule has 0 aliphatic carbocycles. The van der Waals surface area contributed by atoms with Crippen molar-refractivity contribution in [3.63, 3.8) is 0 Å². The first kappa shape index (κ1) is 7.57. The van der Waals surface area contributed by atoms with E-state index in [1.165, 1.54) is 11.3 Å². The van der Waals surface area contributed by atoms with Gasteiger partial charge in [-0.3, -0.25) is 0 Å². The zero-order valence-electron chi connectivity index (χ0n) is 5.87. The lowest BCUT2D eigenvalue weighted by Crippen LogP contribution is -1.95. The van der Waals surface area contributed by atoms with E-state index in [4.69, 9.17) is 5.73 Å². The van der Waals surface area contributed by atoms with Crippen LogP contribution in [0.2, 0.25) is 0 Å². The zero-order chi connectivity index (χ0) is 7.56. The fraction of sp³-hybridized carbons (Fsp3) is 0.429. The summed E-state index contributed by atoms with van der Waals surface area (Å²) in [6, 6.07) is 1.82. The van der Waals surface area contributed by atoms with E-state index >= 15 is 0 Å². The van der Waals surface area contributed by atoms with Crippen molar-refractivity contribution in [3.05, 3.63) is 16.3 Å². The molecule has 0 saturated heterocycles. The second-order valence-corrected chi connectivity index (χ2v) is 3.11. The van der Waals surface area contributed by atoms with Crippen molar-refractivity contribution in [1.82, 2.24) is 0 Å². The molecule has 1 unspecified atom stereocenters. The molecule has 0 fully saturated rings. The van der Waals surface area contributed by atoms with Gasteiger partial charge in [0.1, 0.15) is 0 Å². The lowest BCUT2D eigenvalue weighted by Gasteiger charge is -2.04. The summed E-state index contributed by atoms with van der Waals surface area (Å²) in [5, 5.41) is 11.2. The molecule has 3 heteroatoms. The van der Waals surface area contributed by atoms with Gasteiger partial charge >= 0.3 is 0 Å². The molecule has 0 spiro atoms. The molecule has 1 atom stereocenters. The highest BCUT2D eigenvalue weighted by Gasteiger charge is 2.08. The van der Waals surface area contributed by atoms with Gasteiger partial charge < -0.3 is 10.8 Å². The Hall–Kier alpha value is -0.540. The van der Waals surface area contributed by atoms with Crippen LogP contribution < -0.4 is 5.73 Å². The minimum atomic E-state index is -0.375. The third-order valence-corrected chi connectivity index (χ3v) is 2.45. The van der Waals surface area contributed by atoms with Gasteiger partial charge in [-0.05, 0) is 17.9 Å². The van der Waals surface area contributed by atoms with E-state index in [-0.39, 0.29) is 6.10 Å². The first-order chi connectivity index (χ1) is 4.75. The van der Waals surface area contributed by atoms with Gasteiger partial charge in [0.05, 0.1) is 11.0 Å². The number of anilines is 1. The number of rotatable bonds is 2. The van der Waals surface area contributed by atoms with E-state index in [2.05, 4.69) is 0 Å². The summed E-state index contributed by atoms with van der Waals surface area (Å²) < 4.78 is 0. The highest BCUT2D eigenvalue weighted by molar-refractivity contribution is 7.10. The monoisotopic (exact) mass is 157 g/mol. The van der Waals surface area contributed by atoms with Gasteiger partial charge in [0.2, 0.25) is 0 Å². The molecule has 0 aromatic carbocycles. The fourth-order valence-electron chi connectivity index (χ4n) is 0.787. The van der Waals surface area contributed by atoms with Gasteiger partial charge in [-0.2, -0.15) is 0 Å². The lowest BCUT2D eigenvalue weighted by molar-refractivity contribution is 0.178. The minimum absolute atomic E-state index is 0.375. The van der Waals surface area contributed by atoms with Crippen LogP contribution in [0.5, 0.6) is 0 Å². The molecule has 0 amide bonds. The minimum Gasteiger partial charge on any atom is -0.398 e. The van der Waals surface area contributed by atoms with Crippen molar-refractivity contribution >= 4 is 17.0 Å². The maximum Gasteiger partial charge on any atom is 0.0900 e. The molecular weight excluding hydrogens is 146 g/mol. The summed E-state index contributed by atoms with van der Waals surface area (Å²) in [6.45, 7) is 1.93. The molecule has 2 nitrogen and oxygen atoms in total. The molecule has 1 aromatic rings. The Morgan fingerprint density at radius 1 is 1.80 bits per heavy atom. The number of nitrogen functional groups attached to an aromatic ring is 1. The molecule has 0 aliphatic heterocycles. The molecule has 1 aromatic heterocycles. The number of hydrogen-bond donors (Lipinski definition) is 2. The van der Waals surface area contributed by atoms with E-state index in [1.807, 2.05) is 18.4 Å². The molecule has 1 rings (SSSR count). The third-order valence-electron chi connectivity index (χ3n) is 1.42. The summed E-state index contributed by atoms with van der Waals surface area (Å²) in [6.07, 6.45) is 0.352. The highest BCUT2D eigenvalue weighted by atomic mass is 32.1. The molecule has 0 saturated carbocycles. The van der Waals surface area contributed by atoms with E-state index in [0.717, 1.165) is 11.3 Å². The predicted molar refractivity (Wildman–Crippen MR) is 44.0 cm³/mol. The largest absolute Gasteiger partial charge is 0.398 e. The maximum atomic E-state index is 9.33. The van der Waals surface area contributed by atoms with E-state index in [0.29, 0.717) is 5.69 Å². The van der Waals surface area contributed by atoms with E-state index in [9.17, 15) is 5.11 Å². The predicted octanol–water partition coefficient (Wildman–Crippen LogP) is 1.77. The van der Waals surface area contributed by atoms with Crippen LogP contribution in [-0.4, -0.2) is 5.11 Å². The van der Waals surface area contributed by atoms with Gasteiger partial charge in [0.25, 0.3) is 0 Å². The Bertz CT molecular complexity index is 209. The number of thiophene rings is 1. The Balaban J connectivity index is 2.82. The Kier molecular flexibility index (Phi) is 2.29. The second kappa shape index (κ2) is 3.03. The molecular formula is C7H11NOS. The SMILES string of the molecule is CCC(O)c1sccc1N. The quantitative estimate of drug-likeness (QED) is 0.687. The van der Waals surface area contributed by atoms with Crippen molar-refractivity contribution in [1.29, 1.82) is 0 Å². The molecule has 3 N–H and O–H groups in total. The van der Waals surface area contributed by atoms with Crippen molar-refractivity contribution in [3.8, 4) is 0 Å². The average Bonchev–Trinajstić information content (AvgIpc) is 2.34. The van der Waals surface area contributed by atoms with Crippen LogP contribution in [0.4, 0.5) is 5.69 Å². The van der Waals surface area contributed by atoms with Gasteiger partial charge in [0, 0.05) is 5.69 Å². The Labute approximate surface area is 64.3 Å². The summed E-state index contributed by atoms with van der Waals surface area (Å²) in [4.78, 5) is 0.891. The van der Waals surface area contributed by atoms with Crippen LogP contribution in [0.1, 0.15) is 24.3 Å². The summed E-state index contributed by atoms with van der Waals surface area (Å²) in [5.41, 5.74) is 6.28. The van der Waals surface area contributed by atoms with Crippen LogP contribution in [0.25, 0.3) is 0 Å². The molecule has 0 radical (unpaired) electrons. The maximum absolute atomic E-state index is 9.33. The number of aliphatic hydroxyl groups excluding tert-OH is 1. The zero-order valence-corrected chi connectivity index (χ0v) is 6.69. The van der Waals surface area contributed by atoms with Crippen LogP contribution in [0, 0.1) is 0 Å². The van der Waals surface area contributed by atoms with Gasteiger partial charge in [0.15, 0.2) is 0 Å². The van der Waals surface area contributed by atoms with Crippen LogP contribution in [0.15, 0.2) is 11.4 Å². The number of aliphatic hydroxyl groups is 1. The van der Waals surface area contributed by atoms with Crippen molar-refractivity contribution in [2.75, 3.05) is 5.73 Å². The van der Waals surface area contributed by atoms with Gasteiger partial charge in [-0.25, -0.2) is 0 Å². The first-order valence-electron chi connectivity index (χ1n) is 3.26. The van der Waals surface area contributed by atoms with Crippen LogP contribution in [0.3, 0.4) is 0 Å². The summed E-state index contributed by atoms with van der Waals surface area (Å²) >= 11 is 1.51. The van der Waals surface area contributed by atoms with E-state index in [1.54, 1.807) is 0 Å². The van der Waals surface area contributed by atoms with Gasteiger partial charge in [-0.1, -0.05) is 6.92 Å². The van der Waals surface area contributed by atoms with Crippen molar-refractivity contribution < 1.29 is 5.11 Å². The van der Waals surface area contributed by atoms with E-state index < -0.39 is 0 Å². The van der Waals surface area contributed by atoms with Crippen LogP contribution in [-0.2, 0) is 0 Å². The standard InChI is InChI=1S/C7H11NOS/c1-2-6(9)7-5(8)3-4-10-7/h3-4,6,9H,2,8H2,1H3. The molecule has 0 bridgehead atoms. The number of nitrogens with two attached hydrogens (primary N) is 1. The van der Waals surface area contributed by atoms with Crippen molar-refractivity contribution in [2.24, 2.45) is 0 Å². The Morgan fingerprint density at radius 2 is 2.50 bits per heavy atom. The summed E-state index contributed by atoms with van der Waals surface area (Å²) in [5.74, 6) is 0. The fourth-order valence-corrected chi connectivity index (χ4v) is 1.68.